The highest BCUT2D eigenvalue weighted by Gasteiger charge is 2.22. The smallest absolute Gasteiger partial charge is 0.263 e. The van der Waals surface area contributed by atoms with Gasteiger partial charge in [-0.1, -0.05) is 17.8 Å². The Hall–Kier alpha value is -1.80. The van der Waals surface area contributed by atoms with Gasteiger partial charge < -0.3 is 5.73 Å². The molecule has 0 saturated carbocycles. The molecule has 1 aliphatic carbocycles. The maximum atomic E-state index is 13.1. The predicted molar refractivity (Wildman–Crippen MR) is 93.3 cm³/mol. The van der Waals surface area contributed by atoms with Crippen LogP contribution in [0, 0.1) is 0 Å². The van der Waals surface area contributed by atoms with Gasteiger partial charge >= 0.3 is 0 Å². The number of rotatable bonds is 2. The van der Waals surface area contributed by atoms with Crippen molar-refractivity contribution in [1.82, 2.24) is 19.7 Å². The van der Waals surface area contributed by atoms with E-state index in [0.29, 0.717) is 5.13 Å². The van der Waals surface area contributed by atoms with E-state index in [0.717, 1.165) is 34.5 Å². The third kappa shape index (κ3) is 2.46. The molecule has 0 aromatic carbocycles. The van der Waals surface area contributed by atoms with Gasteiger partial charge in [-0.3, -0.25) is 9.36 Å². The molecule has 6 nitrogen and oxygen atoms in total. The Morgan fingerprint density at radius 2 is 2.04 bits per heavy atom. The molecule has 0 fully saturated rings. The number of fused-ring (bicyclic) bond motifs is 3. The molecule has 0 amide bonds. The fourth-order valence-corrected chi connectivity index (χ4v) is 5.03. The van der Waals surface area contributed by atoms with Crippen molar-refractivity contribution in [3.8, 4) is 0 Å². The second-order valence-electron chi connectivity index (χ2n) is 5.86. The molecule has 3 aromatic rings. The van der Waals surface area contributed by atoms with Crippen molar-refractivity contribution in [3.05, 3.63) is 32.1 Å². The Labute approximate surface area is 141 Å². The molecular formula is C15H17N5OS2. The van der Waals surface area contributed by atoms with Crippen LogP contribution in [0.3, 0.4) is 0 Å². The van der Waals surface area contributed by atoms with Gasteiger partial charge in [-0.25, -0.2) is 4.98 Å². The maximum absolute atomic E-state index is 13.1. The zero-order valence-corrected chi connectivity index (χ0v) is 14.4. The molecule has 1 atom stereocenters. The Morgan fingerprint density at radius 3 is 2.83 bits per heavy atom. The zero-order valence-electron chi connectivity index (χ0n) is 12.8. The molecule has 1 aliphatic rings. The Morgan fingerprint density at radius 1 is 1.22 bits per heavy atom. The first-order chi connectivity index (χ1) is 11.1. The number of nitrogens with zero attached hydrogens (tertiary/aromatic N) is 4. The molecule has 4 rings (SSSR count). The van der Waals surface area contributed by atoms with E-state index in [-0.39, 0.29) is 11.6 Å². The first-order valence-corrected chi connectivity index (χ1v) is 9.38. The largest absolute Gasteiger partial charge is 0.374 e. The van der Waals surface area contributed by atoms with Crippen molar-refractivity contribution in [2.24, 2.45) is 0 Å². The summed E-state index contributed by atoms with van der Waals surface area (Å²) in [6, 6.07) is -0.212. The minimum absolute atomic E-state index is 0.0238. The van der Waals surface area contributed by atoms with Crippen molar-refractivity contribution < 1.29 is 0 Å². The molecule has 0 saturated heterocycles. The topological polar surface area (TPSA) is 86.7 Å². The van der Waals surface area contributed by atoms with Crippen LogP contribution in [-0.2, 0) is 12.8 Å². The van der Waals surface area contributed by atoms with Crippen LogP contribution >= 0.6 is 22.7 Å². The molecule has 23 heavy (non-hydrogen) atoms. The van der Waals surface area contributed by atoms with Crippen molar-refractivity contribution in [3.63, 3.8) is 0 Å². The van der Waals surface area contributed by atoms with Crippen molar-refractivity contribution in [2.75, 3.05) is 5.73 Å². The number of aromatic nitrogens is 4. The minimum Gasteiger partial charge on any atom is -0.374 e. The maximum Gasteiger partial charge on any atom is 0.263 e. The summed E-state index contributed by atoms with van der Waals surface area (Å²) in [6.45, 7) is 1.93. The van der Waals surface area contributed by atoms with Gasteiger partial charge in [0.15, 0.2) is 0 Å². The monoisotopic (exact) mass is 347 g/mol. The van der Waals surface area contributed by atoms with Crippen LogP contribution in [0.2, 0.25) is 0 Å². The molecule has 0 radical (unpaired) electrons. The average molecular weight is 347 g/mol. The Bertz CT molecular complexity index is 926. The number of nitrogen functional groups attached to an aromatic ring is 1. The second-order valence-corrected chi connectivity index (χ2v) is 7.98. The normalized spacial score (nSPS) is 16.2. The molecular weight excluding hydrogens is 330 g/mol. The van der Waals surface area contributed by atoms with Gasteiger partial charge in [0.25, 0.3) is 5.56 Å². The minimum atomic E-state index is -0.212. The number of hydrogen-bond donors (Lipinski definition) is 1. The number of anilines is 1. The summed E-state index contributed by atoms with van der Waals surface area (Å²) in [7, 11) is 0. The van der Waals surface area contributed by atoms with Gasteiger partial charge in [-0.2, -0.15) is 0 Å². The van der Waals surface area contributed by atoms with E-state index in [2.05, 4.69) is 15.2 Å². The molecule has 1 unspecified atom stereocenters. The Kier molecular flexibility index (Phi) is 3.65. The highest BCUT2D eigenvalue weighted by molar-refractivity contribution is 7.18. The van der Waals surface area contributed by atoms with Crippen LogP contribution in [0.25, 0.3) is 10.2 Å². The molecule has 0 bridgehead atoms. The second kappa shape index (κ2) is 5.68. The number of thiophene rings is 1. The van der Waals surface area contributed by atoms with Crippen LogP contribution in [0.4, 0.5) is 5.13 Å². The molecule has 120 valence electrons. The van der Waals surface area contributed by atoms with E-state index >= 15 is 0 Å². The summed E-state index contributed by atoms with van der Waals surface area (Å²) in [6.07, 6.45) is 7.26. The van der Waals surface area contributed by atoms with E-state index in [1.54, 1.807) is 22.2 Å². The SMILES string of the molecule is CC(c1nnc(N)s1)n1cnc2sc3c(c2c1=O)CCCCC3. The summed E-state index contributed by atoms with van der Waals surface area (Å²) in [4.78, 5) is 19.8. The number of aryl methyl sites for hydroxylation is 2. The lowest BCUT2D eigenvalue weighted by atomic mass is 10.1. The van der Waals surface area contributed by atoms with E-state index in [9.17, 15) is 4.79 Å². The van der Waals surface area contributed by atoms with Crippen molar-refractivity contribution in [2.45, 2.75) is 45.1 Å². The average Bonchev–Trinajstić information content (AvgIpc) is 3.04. The van der Waals surface area contributed by atoms with Gasteiger partial charge in [0.05, 0.1) is 17.8 Å². The summed E-state index contributed by atoms with van der Waals surface area (Å²) < 4.78 is 1.65. The molecule has 2 N–H and O–H groups in total. The third-order valence-corrected chi connectivity index (χ3v) is 6.50. The highest BCUT2D eigenvalue weighted by atomic mass is 32.1. The van der Waals surface area contributed by atoms with Gasteiger partial charge in [-0.05, 0) is 38.2 Å². The molecule has 3 aromatic heterocycles. The van der Waals surface area contributed by atoms with Crippen LogP contribution in [-0.4, -0.2) is 19.7 Å². The summed E-state index contributed by atoms with van der Waals surface area (Å²) in [5.41, 5.74) is 6.90. The molecule has 0 aliphatic heterocycles. The van der Waals surface area contributed by atoms with Crippen LogP contribution in [0.1, 0.15) is 47.7 Å². The lowest BCUT2D eigenvalue weighted by Crippen LogP contribution is -2.24. The summed E-state index contributed by atoms with van der Waals surface area (Å²) >= 11 is 2.99. The number of nitrogens with two attached hydrogens (primary N) is 1. The quantitative estimate of drug-likeness (QED) is 0.720. The third-order valence-electron chi connectivity index (χ3n) is 4.38. The zero-order chi connectivity index (χ0) is 16.0. The fraction of sp³-hybridized carbons (Fsp3) is 0.467. The van der Waals surface area contributed by atoms with E-state index in [1.807, 2.05) is 6.92 Å². The standard InChI is InChI=1S/C15H17N5OS2/c1-8(12-18-19-15(16)23-12)20-7-17-13-11(14(20)21)9-5-3-2-4-6-10(9)22-13/h7-8H,2-6H2,1H3,(H2,16,19). The van der Waals surface area contributed by atoms with Crippen LogP contribution < -0.4 is 11.3 Å². The van der Waals surface area contributed by atoms with Crippen molar-refractivity contribution >= 4 is 38.0 Å². The van der Waals surface area contributed by atoms with Crippen molar-refractivity contribution in [1.29, 1.82) is 0 Å². The van der Waals surface area contributed by atoms with Gasteiger partial charge in [-0.15, -0.1) is 21.5 Å². The lowest BCUT2D eigenvalue weighted by Gasteiger charge is -2.11. The van der Waals surface area contributed by atoms with Gasteiger partial charge in [0.2, 0.25) is 5.13 Å². The van der Waals surface area contributed by atoms with E-state index < -0.39 is 0 Å². The predicted octanol–water partition coefficient (Wildman–Crippen LogP) is 2.77. The summed E-state index contributed by atoms with van der Waals surface area (Å²) in [5.74, 6) is 0. The van der Waals surface area contributed by atoms with E-state index in [1.165, 1.54) is 34.6 Å². The first kappa shape index (κ1) is 14.8. The van der Waals surface area contributed by atoms with Gasteiger partial charge in [0, 0.05) is 4.88 Å². The van der Waals surface area contributed by atoms with Gasteiger partial charge in [0.1, 0.15) is 9.84 Å². The Balaban J connectivity index is 1.87. The summed E-state index contributed by atoms with van der Waals surface area (Å²) in [5, 5.41) is 9.85. The lowest BCUT2D eigenvalue weighted by molar-refractivity contribution is 0.599. The van der Waals surface area contributed by atoms with Crippen LogP contribution in [0.15, 0.2) is 11.1 Å². The van der Waals surface area contributed by atoms with E-state index in [4.69, 9.17) is 5.73 Å². The van der Waals surface area contributed by atoms with Crippen LogP contribution in [0.5, 0.6) is 0 Å². The molecule has 3 heterocycles. The fourth-order valence-electron chi connectivity index (χ4n) is 3.15. The number of hydrogen-bond acceptors (Lipinski definition) is 7. The first-order valence-electron chi connectivity index (χ1n) is 7.75. The molecule has 8 heteroatoms. The molecule has 0 spiro atoms. The highest BCUT2D eigenvalue weighted by Crippen LogP contribution is 2.33.